The number of unbranched alkanes of at least 4 members (excludes halogenated alkanes) is 8. The van der Waals surface area contributed by atoms with Crippen LogP contribution in [0.2, 0.25) is 0 Å². The summed E-state index contributed by atoms with van der Waals surface area (Å²) in [6, 6.07) is 8.68. The minimum Gasteiger partial charge on any atom is -0.396 e. The molecule has 0 aliphatic heterocycles. The average Bonchev–Trinajstić information content (AvgIpc) is 2.43. The molecule has 0 aliphatic carbocycles. The van der Waals surface area contributed by atoms with E-state index in [9.17, 15) is 0 Å². The van der Waals surface area contributed by atoms with Crippen LogP contribution in [0.1, 0.15) is 63.4 Å². The monoisotopic (exact) mass is 326 g/mol. The van der Waals surface area contributed by atoms with Crippen LogP contribution in [0.25, 0.3) is 0 Å². The third-order valence-electron chi connectivity index (χ3n) is 3.54. The van der Waals surface area contributed by atoms with Crippen molar-refractivity contribution in [3.63, 3.8) is 0 Å². The molecule has 0 saturated carbocycles. The molecule has 0 heterocycles. The topological polar surface area (TPSA) is 20.2 Å². The van der Waals surface area contributed by atoms with Crippen molar-refractivity contribution in [2.24, 2.45) is 0 Å². The number of benzene rings is 1. The molecular formula is C17H27BrO. The van der Waals surface area contributed by atoms with Gasteiger partial charge in [0.1, 0.15) is 0 Å². The van der Waals surface area contributed by atoms with Crippen molar-refractivity contribution in [3.8, 4) is 0 Å². The summed E-state index contributed by atoms with van der Waals surface area (Å²) in [7, 11) is 0. The number of hydrogen-bond donors (Lipinski definition) is 1. The summed E-state index contributed by atoms with van der Waals surface area (Å²) in [4.78, 5) is 0. The molecular weight excluding hydrogens is 300 g/mol. The zero-order valence-corrected chi connectivity index (χ0v) is 13.5. The van der Waals surface area contributed by atoms with Gasteiger partial charge in [0.2, 0.25) is 0 Å². The van der Waals surface area contributed by atoms with E-state index < -0.39 is 0 Å². The fraction of sp³-hybridized carbons (Fsp3) is 0.647. The molecule has 0 aliphatic rings. The Kier molecular flexibility index (Phi) is 10.1. The number of aliphatic hydroxyl groups excluding tert-OH is 1. The van der Waals surface area contributed by atoms with E-state index in [-0.39, 0.29) is 0 Å². The van der Waals surface area contributed by atoms with Crippen LogP contribution in [-0.4, -0.2) is 11.7 Å². The lowest BCUT2D eigenvalue weighted by Crippen LogP contribution is -1.87. The first-order valence-corrected chi connectivity index (χ1v) is 8.47. The molecule has 0 atom stereocenters. The third kappa shape index (κ3) is 9.23. The highest BCUT2D eigenvalue weighted by atomic mass is 79.9. The molecule has 0 amide bonds. The first kappa shape index (κ1) is 16.7. The second kappa shape index (κ2) is 11.5. The molecule has 0 spiro atoms. The fourth-order valence-corrected chi connectivity index (χ4v) is 2.59. The summed E-state index contributed by atoms with van der Waals surface area (Å²) in [5, 5.41) is 8.67. The van der Waals surface area contributed by atoms with Gasteiger partial charge in [-0.15, -0.1) is 0 Å². The van der Waals surface area contributed by atoms with Gasteiger partial charge in [0.05, 0.1) is 0 Å². The van der Waals surface area contributed by atoms with Crippen molar-refractivity contribution in [2.75, 3.05) is 6.61 Å². The highest BCUT2D eigenvalue weighted by Gasteiger charge is 1.95. The van der Waals surface area contributed by atoms with Crippen molar-refractivity contribution in [1.29, 1.82) is 0 Å². The first-order valence-electron chi connectivity index (χ1n) is 7.68. The van der Waals surface area contributed by atoms with E-state index in [0.717, 1.165) is 10.9 Å². The standard InChI is InChI=1S/C17H27BrO/c18-17-13-11-16(12-14-17)10-8-6-4-2-1-3-5-7-9-15-19/h11-14,19H,1-10,15H2. The molecule has 1 aromatic rings. The van der Waals surface area contributed by atoms with E-state index in [1.807, 2.05) is 0 Å². The van der Waals surface area contributed by atoms with Gasteiger partial charge in [-0.05, 0) is 37.0 Å². The SMILES string of the molecule is OCCCCCCCCCCCc1ccc(Br)cc1. The summed E-state index contributed by atoms with van der Waals surface area (Å²) in [6.45, 7) is 0.357. The minimum atomic E-state index is 0.357. The van der Waals surface area contributed by atoms with Crippen LogP contribution in [-0.2, 0) is 6.42 Å². The van der Waals surface area contributed by atoms with Crippen LogP contribution < -0.4 is 0 Å². The second-order valence-electron chi connectivity index (χ2n) is 5.28. The molecule has 19 heavy (non-hydrogen) atoms. The molecule has 0 bridgehead atoms. The van der Waals surface area contributed by atoms with Gasteiger partial charge in [-0.2, -0.15) is 0 Å². The molecule has 0 saturated heterocycles. The predicted molar refractivity (Wildman–Crippen MR) is 86.5 cm³/mol. The largest absolute Gasteiger partial charge is 0.396 e. The molecule has 0 fully saturated rings. The Hall–Kier alpha value is -0.340. The Bertz CT molecular complexity index is 308. The van der Waals surface area contributed by atoms with Crippen LogP contribution >= 0.6 is 15.9 Å². The lowest BCUT2D eigenvalue weighted by Gasteiger charge is -2.03. The molecule has 1 aromatic carbocycles. The summed E-state index contributed by atoms with van der Waals surface area (Å²) >= 11 is 3.46. The number of aryl methyl sites for hydroxylation is 1. The Morgan fingerprint density at radius 3 is 1.68 bits per heavy atom. The normalized spacial score (nSPS) is 10.8. The quantitative estimate of drug-likeness (QED) is 0.533. The summed E-state index contributed by atoms with van der Waals surface area (Å²) in [6.07, 6.45) is 12.8. The third-order valence-corrected chi connectivity index (χ3v) is 4.07. The number of rotatable bonds is 11. The van der Waals surface area contributed by atoms with Crippen molar-refractivity contribution >= 4 is 15.9 Å². The summed E-state index contributed by atoms with van der Waals surface area (Å²) < 4.78 is 1.16. The van der Waals surface area contributed by atoms with Crippen molar-refractivity contribution in [3.05, 3.63) is 34.3 Å². The van der Waals surface area contributed by atoms with Crippen molar-refractivity contribution < 1.29 is 5.11 Å². The number of hydrogen-bond acceptors (Lipinski definition) is 1. The van der Waals surface area contributed by atoms with Gasteiger partial charge in [-0.1, -0.05) is 73.0 Å². The van der Waals surface area contributed by atoms with Crippen LogP contribution in [0.4, 0.5) is 0 Å². The van der Waals surface area contributed by atoms with Crippen LogP contribution in [0.15, 0.2) is 28.7 Å². The van der Waals surface area contributed by atoms with E-state index >= 15 is 0 Å². The second-order valence-corrected chi connectivity index (χ2v) is 6.20. The lowest BCUT2D eigenvalue weighted by atomic mass is 10.0. The van der Waals surface area contributed by atoms with Gasteiger partial charge >= 0.3 is 0 Å². The average molecular weight is 327 g/mol. The summed E-state index contributed by atoms with van der Waals surface area (Å²) in [5.74, 6) is 0. The molecule has 108 valence electrons. The maximum absolute atomic E-state index is 8.67. The van der Waals surface area contributed by atoms with E-state index in [1.54, 1.807) is 0 Å². The minimum absolute atomic E-state index is 0.357. The molecule has 2 heteroatoms. The number of aliphatic hydroxyl groups is 1. The van der Waals surface area contributed by atoms with Gasteiger partial charge in [-0.3, -0.25) is 0 Å². The van der Waals surface area contributed by atoms with E-state index in [2.05, 4.69) is 40.2 Å². The number of halogens is 1. The van der Waals surface area contributed by atoms with Gasteiger partial charge in [0.25, 0.3) is 0 Å². The van der Waals surface area contributed by atoms with Crippen LogP contribution in [0.3, 0.4) is 0 Å². The van der Waals surface area contributed by atoms with E-state index in [4.69, 9.17) is 5.11 Å². The Balaban J connectivity index is 1.87. The summed E-state index contributed by atoms with van der Waals surface area (Å²) in [5.41, 5.74) is 1.45. The maximum atomic E-state index is 8.67. The highest BCUT2D eigenvalue weighted by molar-refractivity contribution is 9.10. The van der Waals surface area contributed by atoms with Crippen LogP contribution in [0, 0.1) is 0 Å². The van der Waals surface area contributed by atoms with Crippen molar-refractivity contribution in [2.45, 2.75) is 64.2 Å². The molecule has 0 radical (unpaired) electrons. The van der Waals surface area contributed by atoms with Gasteiger partial charge in [0.15, 0.2) is 0 Å². The van der Waals surface area contributed by atoms with E-state index in [1.165, 1.54) is 63.4 Å². The predicted octanol–water partition coefficient (Wildman–Crippen LogP) is 5.49. The zero-order chi connectivity index (χ0) is 13.8. The fourth-order valence-electron chi connectivity index (χ4n) is 2.33. The Morgan fingerprint density at radius 1 is 0.684 bits per heavy atom. The van der Waals surface area contributed by atoms with Crippen LogP contribution in [0.5, 0.6) is 0 Å². The molecule has 1 rings (SSSR count). The maximum Gasteiger partial charge on any atom is 0.0431 e. The lowest BCUT2D eigenvalue weighted by molar-refractivity contribution is 0.282. The molecule has 0 aromatic heterocycles. The zero-order valence-electron chi connectivity index (χ0n) is 11.9. The molecule has 0 unspecified atom stereocenters. The Morgan fingerprint density at radius 2 is 1.16 bits per heavy atom. The first-order chi connectivity index (χ1) is 9.33. The van der Waals surface area contributed by atoms with Crippen molar-refractivity contribution in [1.82, 2.24) is 0 Å². The van der Waals surface area contributed by atoms with Gasteiger partial charge in [0, 0.05) is 11.1 Å². The smallest absolute Gasteiger partial charge is 0.0431 e. The molecule has 1 nitrogen and oxygen atoms in total. The van der Waals surface area contributed by atoms with Gasteiger partial charge in [-0.25, -0.2) is 0 Å². The van der Waals surface area contributed by atoms with Gasteiger partial charge < -0.3 is 5.11 Å². The van der Waals surface area contributed by atoms with E-state index in [0.29, 0.717) is 6.61 Å². The Labute approximate surface area is 126 Å². The molecule has 1 N–H and O–H groups in total. The highest BCUT2D eigenvalue weighted by Crippen LogP contribution is 2.14.